The van der Waals surface area contributed by atoms with Crippen LogP contribution in [0.4, 0.5) is 17.1 Å². The van der Waals surface area contributed by atoms with Gasteiger partial charge in [-0.3, -0.25) is 0 Å². The number of rotatable bonds is 5. The van der Waals surface area contributed by atoms with Crippen molar-refractivity contribution in [2.45, 2.75) is 38.5 Å². The topological polar surface area (TPSA) is 8.17 Å². The zero-order valence-electron chi connectivity index (χ0n) is 32.2. The quantitative estimate of drug-likeness (QED) is 0.172. The normalized spacial score (nSPS) is 14.4. The minimum atomic E-state index is -0.208. The Balaban J connectivity index is 1.21. The summed E-state index contributed by atoms with van der Waals surface area (Å²) in [5, 5.41) is 2.51. The lowest BCUT2D eigenvalue weighted by Crippen LogP contribution is -2.21. The molecule has 0 saturated heterocycles. The lowest BCUT2D eigenvalue weighted by atomic mass is 9.81. The van der Waals surface area contributed by atoms with Crippen LogP contribution in [0.2, 0.25) is 0 Å². The van der Waals surface area contributed by atoms with Crippen LogP contribution in [0.15, 0.2) is 182 Å². The molecule has 2 aliphatic carbocycles. The second-order valence-electron chi connectivity index (χ2n) is 16.5. The summed E-state index contributed by atoms with van der Waals surface area (Å²) in [6.07, 6.45) is 0. The number of hydrogen-bond donors (Lipinski definition) is 0. The number of para-hydroxylation sites is 3. The van der Waals surface area contributed by atoms with E-state index in [9.17, 15) is 0 Å². The summed E-state index contributed by atoms with van der Waals surface area (Å²) in [5.41, 5.74) is 19.9. The highest BCUT2D eigenvalue weighted by molar-refractivity contribution is 6.11. The smallest absolute Gasteiger partial charge is 0.0547 e. The Morgan fingerprint density at radius 2 is 0.964 bits per heavy atom. The van der Waals surface area contributed by atoms with Gasteiger partial charge in [-0.25, -0.2) is 0 Å². The molecule has 0 bridgehead atoms. The molecule has 0 fully saturated rings. The third kappa shape index (κ3) is 4.50. The van der Waals surface area contributed by atoms with Gasteiger partial charge in [-0.05, 0) is 87.0 Å². The maximum atomic E-state index is 2.59. The predicted octanol–water partition coefficient (Wildman–Crippen LogP) is 14.5. The van der Waals surface area contributed by atoms with Crippen molar-refractivity contribution in [1.82, 2.24) is 4.57 Å². The van der Waals surface area contributed by atoms with Crippen LogP contribution in [-0.4, -0.2) is 4.57 Å². The van der Waals surface area contributed by atoms with Crippen molar-refractivity contribution in [3.05, 3.63) is 204 Å². The first-order chi connectivity index (χ1) is 27.3. The first kappa shape index (κ1) is 32.8. The van der Waals surface area contributed by atoms with Gasteiger partial charge in [0.2, 0.25) is 0 Å². The molecule has 56 heavy (non-hydrogen) atoms. The fraction of sp³-hybridized carbons (Fsp3) is 0.111. The molecule has 9 aromatic rings. The van der Waals surface area contributed by atoms with Crippen LogP contribution in [-0.2, 0) is 10.8 Å². The zero-order chi connectivity index (χ0) is 37.8. The lowest BCUT2D eigenvalue weighted by Gasteiger charge is -2.34. The molecule has 1 aromatic heterocycles. The SMILES string of the molecule is CC1(C)c2ccccc2-c2c(N(c3ccccc3-c3ccc4c5ccccc5n(-c5ccccc5)c4c3)c3cccc4c3C(C)(C)c3ccccc3-4)cccc21. The van der Waals surface area contributed by atoms with Gasteiger partial charge >= 0.3 is 0 Å². The van der Waals surface area contributed by atoms with Crippen LogP contribution in [0.1, 0.15) is 49.9 Å². The monoisotopic (exact) mass is 718 g/mol. The Hall–Kier alpha value is -6.64. The Bertz CT molecular complexity index is 3030. The van der Waals surface area contributed by atoms with Gasteiger partial charge in [-0.15, -0.1) is 0 Å². The van der Waals surface area contributed by atoms with Gasteiger partial charge in [-0.2, -0.15) is 0 Å². The largest absolute Gasteiger partial charge is 0.309 e. The van der Waals surface area contributed by atoms with E-state index in [0.717, 1.165) is 11.4 Å². The van der Waals surface area contributed by atoms with Crippen molar-refractivity contribution in [3.63, 3.8) is 0 Å². The molecule has 0 saturated carbocycles. The van der Waals surface area contributed by atoms with E-state index in [2.05, 4.69) is 219 Å². The van der Waals surface area contributed by atoms with E-state index >= 15 is 0 Å². The summed E-state index contributed by atoms with van der Waals surface area (Å²) in [5.74, 6) is 0. The van der Waals surface area contributed by atoms with E-state index in [0.29, 0.717) is 0 Å². The van der Waals surface area contributed by atoms with Gasteiger partial charge in [-0.1, -0.05) is 167 Å². The van der Waals surface area contributed by atoms with Crippen LogP contribution in [0.3, 0.4) is 0 Å². The van der Waals surface area contributed by atoms with Gasteiger partial charge in [0.15, 0.2) is 0 Å². The van der Waals surface area contributed by atoms with Crippen molar-refractivity contribution in [2.75, 3.05) is 4.90 Å². The van der Waals surface area contributed by atoms with Crippen molar-refractivity contribution >= 4 is 38.9 Å². The summed E-state index contributed by atoms with van der Waals surface area (Å²) >= 11 is 0. The fourth-order valence-corrected chi connectivity index (χ4v) is 10.2. The molecule has 0 unspecified atom stereocenters. The second-order valence-corrected chi connectivity index (χ2v) is 16.5. The summed E-state index contributed by atoms with van der Waals surface area (Å²) in [6, 6.07) is 67.5. The van der Waals surface area contributed by atoms with Crippen LogP contribution in [0, 0.1) is 0 Å². The molecule has 11 rings (SSSR count). The molecule has 268 valence electrons. The number of anilines is 3. The summed E-state index contributed by atoms with van der Waals surface area (Å²) in [7, 11) is 0. The van der Waals surface area contributed by atoms with E-state index < -0.39 is 0 Å². The molecule has 2 nitrogen and oxygen atoms in total. The fourth-order valence-electron chi connectivity index (χ4n) is 10.2. The van der Waals surface area contributed by atoms with Crippen LogP contribution < -0.4 is 4.90 Å². The van der Waals surface area contributed by atoms with Gasteiger partial charge in [0.1, 0.15) is 0 Å². The molecule has 0 radical (unpaired) electrons. The molecule has 8 aromatic carbocycles. The van der Waals surface area contributed by atoms with Crippen LogP contribution in [0.25, 0.3) is 60.9 Å². The van der Waals surface area contributed by atoms with E-state index in [-0.39, 0.29) is 10.8 Å². The van der Waals surface area contributed by atoms with Gasteiger partial charge in [0.25, 0.3) is 0 Å². The van der Waals surface area contributed by atoms with Crippen molar-refractivity contribution in [2.24, 2.45) is 0 Å². The predicted molar refractivity (Wildman–Crippen MR) is 236 cm³/mol. The zero-order valence-corrected chi connectivity index (χ0v) is 32.2. The number of hydrogen-bond acceptors (Lipinski definition) is 1. The molecule has 1 heterocycles. The standard InChI is InChI=1S/C54H42N2/c1-53(2)44-26-13-9-23-42(44)51-45(53)27-17-30-48(51)56(49-31-16-24-41-38-21-8-12-25-43(38)54(3,4)52(41)49)46-28-14-10-20-37(46)35-32-33-40-39-22-11-15-29-47(39)55(50(40)34-35)36-18-6-5-7-19-36/h5-34H,1-4H3. The summed E-state index contributed by atoms with van der Waals surface area (Å²) in [6.45, 7) is 9.55. The maximum Gasteiger partial charge on any atom is 0.0547 e. The number of aromatic nitrogens is 1. The average Bonchev–Trinajstić information content (AvgIpc) is 3.79. The van der Waals surface area contributed by atoms with Crippen molar-refractivity contribution in [3.8, 4) is 39.1 Å². The number of fused-ring (bicyclic) bond motifs is 9. The highest BCUT2D eigenvalue weighted by Gasteiger charge is 2.41. The van der Waals surface area contributed by atoms with Crippen LogP contribution in [0.5, 0.6) is 0 Å². The average molecular weight is 719 g/mol. The first-order valence-corrected chi connectivity index (χ1v) is 19.8. The number of benzene rings is 8. The third-order valence-corrected chi connectivity index (χ3v) is 12.8. The van der Waals surface area contributed by atoms with E-state index in [1.54, 1.807) is 0 Å². The van der Waals surface area contributed by atoms with E-state index in [4.69, 9.17) is 0 Å². The summed E-state index contributed by atoms with van der Waals surface area (Å²) in [4.78, 5) is 2.59. The molecule has 2 heteroatoms. The molecule has 0 N–H and O–H groups in total. The third-order valence-electron chi connectivity index (χ3n) is 12.8. The van der Waals surface area contributed by atoms with Crippen molar-refractivity contribution in [1.29, 1.82) is 0 Å². The minimum absolute atomic E-state index is 0.128. The summed E-state index contributed by atoms with van der Waals surface area (Å²) < 4.78 is 2.42. The highest BCUT2D eigenvalue weighted by atomic mass is 15.2. The molecular formula is C54H42N2. The Labute approximate surface area is 328 Å². The molecule has 0 spiro atoms. The Kier molecular flexibility index (Phi) is 6.98. The maximum absolute atomic E-state index is 2.59. The second kappa shape index (κ2) is 11.9. The molecule has 0 atom stereocenters. The van der Waals surface area contributed by atoms with Gasteiger partial charge in [0.05, 0.1) is 28.1 Å². The Morgan fingerprint density at radius 1 is 0.393 bits per heavy atom. The Morgan fingerprint density at radius 3 is 1.79 bits per heavy atom. The number of nitrogens with zero attached hydrogens (tertiary/aromatic N) is 2. The minimum Gasteiger partial charge on any atom is -0.309 e. The lowest BCUT2D eigenvalue weighted by molar-refractivity contribution is 0.659. The van der Waals surface area contributed by atoms with Gasteiger partial charge < -0.3 is 9.47 Å². The van der Waals surface area contributed by atoms with Crippen molar-refractivity contribution < 1.29 is 0 Å². The van der Waals surface area contributed by atoms with E-state index in [1.807, 2.05) is 0 Å². The first-order valence-electron chi connectivity index (χ1n) is 19.8. The van der Waals surface area contributed by atoms with E-state index in [1.165, 1.54) is 88.8 Å². The van der Waals surface area contributed by atoms with Crippen LogP contribution >= 0.6 is 0 Å². The molecular weight excluding hydrogens is 677 g/mol. The molecule has 2 aliphatic rings. The van der Waals surface area contributed by atoms with Gasteiger partial charge in [0, 0.05) is 38.4 Å². The molecule has 0 amide bonds. The molecule has 0 aliphatic heterocycles. The highest BCUT2D eigenvalue weighted by Crippen LogP contribution is 2.58.